The van der Waals surface area contributed by atoms with Gasteiger partial charge in [-0.3, -0.25) is 4.90 Å². The Morgan fingerprint density at radius 1 is 1.26 bits per heavy atom. The summed E-state index contributed by atoms with van der Waals surface area (Å²) in [5.74, 6) is -0.327. The number of benzene rings is 1. The third-order valence-electron chi connectivity index (χ3n) is 4.44. The lowest BCUT2D eigenvalue weighted by Gasteiger charge is -2.30. The van der Waals surface area contributed by atoms with Gasteiger partial charge >= 0.3 is 6.09 Å². The highest BCUT2D eigenvalue weighted by Crippen LogP contribution is 2.28. The summed E-state index contributed by atoms with van der Waals surface area (Å²) in [6, 6.07) is 4.89. The molecule has 0 aliphatic carbocycles. The maximum atomic E-state index is 14.6. The van der Waals surface area contributed by atoms with Crippen molar-refractivity contribution < 1.29 is 13.9 Å². The Bertz CT molecular complexity index is 757. The number of rotatable bonds is 4. The van der Waals surface area contributed by atoms with Crippen LogP contribution in [-0.4, -0.2) is 59.9 Å². The molecular formula is C16H21Cl2FN6O2. The van der Waals surface area contributed by atoms with Gasteiger partial charge in [0.25, 0.3) is 0 Å². The van der Waals surface area contributed by atoms with Gasteiger partial charge in [-0.1, -0.05) is 5.21 Å². The Hall–Kier alpha value is -2.10. The van der Waals surface area contributed by atoms with Crippen LogP contribution in [-0.2, 0) is 11.3 Å². The van der Waals surface area contributed by atoms with E-state index in [9.17, 15) is 9.18 Å². The second-order valence-electron chi connectivity index (χ2n) is 6.11. The van der Waals surface area contributed by atoms with Crippen molar-refractivity contribution in [3.05, 3.63) is 36.4 Å². The molecule has 1 amide bonds. The van der Waals surface area contributed by atoms with Crippen LogP contribution in [0, 0.1) is 5.82 Å². The monoisotopic (exact) mass is 418 g/mol. The van der Waals surface area contributed by atoms with Gasteiger partial charge in [0.15, 0.2) is 0 Å². The highest BCUT2D eigenvalue weighted by atomic mass is 35.5. The minimum Gasteiger partial charge on any atom is -0.442 e. The van der Waals surface area contributed by atoms with Gasteiger partial charge in [0.05, 0.1) is 30.7 Å². The molecule has 1 unspecified atom stereocenters. The molecule has 1 N–H and O–H groups in total. The minimum absolute atomic E-state index is 0. The molecule has 0 radical (unpaired) electrons. The summed E-state index contributed by atoms with van der Waals surface area (Å²) in [5.41, 5.74) is 1.07. The number of nitrogens with one attached hydrogen (secondary N) is 1. The summed E-state index contributed by atoms with van der Waals surface area (Å²) in [6.07, 6.45) is 2.46. The Labute approximate surface area is 168 Å². The van der Waals surface area contributed by atoms with Crippen molar-refractivity contribution in [2.75, 3.05) is 42.5 Å². The first-order valence-corrected chi connectivity index (χ1v) is 8.28. The fraction of sp³-hybridized carbons (Fsp3) is 0.438. The summed E-state index contributed by atoms with van der Waals surface area (Å²) in [6.45, 7) is 3.98. The number of hydrogen-bond donors (Lipinski definition) is 1. The number of piperazine rings is 1. The topological polar surface area (TPSA) is 75.5 Å². The highest BCUT2D eigenvalue weighted by molar-refractivity contribution is 5.90. The van der Waals surface area contributed by atoms with Gasteiger partial charge in [0.2, 0.25) is 0 Å². The third kappa shape index (κ3) is 4.60. The van der Waals surface area contributed by atoms with Crippen molar-refractivity contribution in [2.24, 2.45) is 0 Å². The van der Waals surface area contributed by atoms with Gasteiger partial charge in [-0.15, -0.1) is 29.9 Å². The molecule has 0 spiro atoms. The lowest BCUT2D eigenvalue weighted by atomic mass is 10.2. The average molecular weight is 419 g/mol. The molecule has 3 heterocycles. The standard InChI is InChI=1S/C16H19FN6O2.2ClH/c17-14-9-12(1-2-15(14)21-6-3-18-4-7-21)23-11-13(25-16(23)24)10-22-8-5-19-20-22;;/h1-2,5,8-9,13,18H,3-4,6-7,10-11H2;2*1H. The first-order valence-electron chi connectivity index (χ1n) is 8.28. The SMILES string of the molecule is Cl.Cl.O=C1OC(Cn2ccnn2)CN1c1ccc(N2CCNCC2)c(F)c1. The van der Waals surface area contributed by atoms with E-state index in [1.54, 1.807) is 29.2 Å². The number of halogens is 3. The van der Waals surface area contributed by atoms with E-state index in [1.807, 2.05) is 4.90 Å². The van der Waals surface area contributed by atoms with Crippen molar-refractivity contribution >= 4 is 42.3 Å². The molecule has 8 nitrogen and oxygen atoms in total. The van der Waals surface area contributed by atoms with Crippen LogP contribution in [0.15, 0.2) is 30.6 Å². The van der Waals surface area contributed by atoms with E-state index in [1.165, 1.54) is 11.0 Å². The fourth-order valence-electron chi connectivity index (χ4n) is 3.19. The molecule has 27 heavy (non-hydrogen) atoms. The minimum atomic E-state index is -0.473. The Balaban J connectivity index is 0.00000131. The molecule has 1 aromatic heterocycles. The van der Waals surface area contributed by atoms with Crippen molar-refractivity contribution in [1.82, 2.24) is 20.3 Å². The number of cyclic esters (lactones) is 1. The van der Waals surface area contributed by atoms with Crippen LogP contribution < -0.4 is 15.1 Å². The van der Waals surface area contributed by atoms with E-state index < -0.39 is 6.09 Å². The summed E-state index contributed by atoms with van der Waals surface area (Å²) in [7, 11) is 0. The smallest absolute Gasteiger partial charge is 0.414 e. The quantitative estimate of drug-likeness (QED) is 0.813. The van der Waals surface area contributed by atoms with Crippen LogP contribution in [0.2, 0.25) is 0 Å². The van der Waals surface area contributed by atoms with Gasteiger partial charge in [0.1, 0.15) is 11.9 Å². The van der Waals surface area contributed by atoms with Crippen molar-refractivity contribution in [3.63, 3.8) is 0 Å². The molecule has 4 rings (SSSR count). The molecule has 0 bridgehead atoms. The fourth-order valence-corrected chi connectivity index (χ4v) is 3.19. The van der Waals surface area contributed by atoms with Gasteiger partial charge < -0.3 is 15.0 Å². The highest BCUT2D eigenvalue weighted by Gasteiger charge is 2.33. The molecule has 1 aromatic carbocycles. The van der Waals surface area contributed by atoms with E-state index in [0.717, 1.165) is 26.2 Å². The number of ether oxygens (including phenoxy) is 1. The van der Waals surface area contributed by atoms with Gasteiger partial charge in [-0.05, 0) is 18.2 Å². The molecule has 11 heteroatoms. The van der Waals surface area contributed by atoms with Crippen LogP contribution in [0.25, 0.3) is 0 Å². The number of hydrogen-bond acceptors (Lipinski definition) is 6. The van der Waals surface area contributed by atoms with E-state index in [-0.39, 0.29) is 36.7 Å². The van der Waals surface area contributed by atoms with Gasteiger partial charge in [0, 0.05) is 32.4 Å². The molecule has 2 saturated heterocycles. The first kappa shape index (κ1) is 21.2. The number of anilines is 2. The van der Waals surface area contributed by atoms with Crippen LogP contribution in [0.4, 0.5) is 20.6 Å². The summed E-state index contributed by atoms with van der Waals surface area (Å²) in [4.78, 5) is 15.6. The number of aromatic nitrogens is 3. The predicted octanol–water partition coefficient (Wildman–Crippen LogP) is 1.70. The summed E-state index contributed by atoms with van der Waals surface area (Å²) in [5, 5.41) is 10.8. The molecular weight excluding hydrogens is 398 g/mol. The van der Waals surface area contributed by atoms with Crippen molar-refractivity contribution in [1.29, 1.82) is 0 Å². The number of carbonyl (C=O) groups excluding carboxylic acids is 1. The van der Waals surface area contributed by atoms with E-state index in [0.29, 0.717) is 24.5 Å². The Morgan fingerprint density at radius 2 is 2.04 bits per heavy atom. The second kappa shape index (κ2) is 9.20. The number of nitrogens with zero attached hydrogens (tertiary/aromatic N) is 5. The average Bonchev–Trinajstić information content (AvgIpc) is 3.25. The first-order chi connectivity index (χ1) is 12.2. The molecule has 1 atom stereocenters. The molecule has 2 fully saturated rings. The summed E-state index contributed by atoms with van der Waals surface area (Å²) < 4.78 is 21.5. The van der Waals surface area contributed by atoms with Crippen LogP contribution >= 0.6 is 24.8 Å². The Morgan fingerprint density at radius 3 is 2.70 bits per heavy atom. The zero-order valence-electron chi connectivity index (χ0n) is 14.5. The van der Waals surface area contributed by atoms with E-state index in [2.05, 4.69) is 15.6 Å². The predicted molar refractivity (Wildman–Crippen MR) is 104 cm³/mol. The number of carbonyl (C=O) groups is 1. The largest absolute Gasteiger partial charge is 0.442 e. The maximum Gasteiger partial charge on any atom is 0.414 e. The van der Waals surface area contributed by atoms with Crippen LogP contribution in [0.5, 0.6) is 0 Å². The molecule has 2 aliphatic rings. The summed E-state index contributed by atoms with van der Waals surface area (Å²) >= 11 is 0. The lowest BCUT2D eigenvalue weighted by molar-refractivity contribution is 0.129. The second-order valence-corrected chi connectivity index (χ2v) is 6.11. The maximum absolute atomic E-state index is 14.6. The van der Waals surface area contributed by atoms with Crippen LogP contribution in [0.1, 0.15) is 0 Å². The lowest BCUT2D eigenvalue weighted by Crippen LogP contribution is -2.43. The molecule has 0 saturated carbocycles. The van der Waals surface area contributed by atoms with E-state index in [4.69, 9.17) is 4.74 Å². The normalized spacial score (nSPS) is 19.3. The van der Waals surface area contributed by atoms with Crippen molar-refractivity contribution in [3.8, 4) is 0 Å². The molecule has 2 aliphatic heterocycles. The van der Waals surface area contributed by atoms with Crippen molar-refractivity contribution in [2.45, 2.75) is 12.6 Å². The molecule has 2 aromatic rings. The van der Waals surface area contributed by atoms with Gasteiger partial charge in [-0.2, -0.15) is 0 Å². The van der Waals surface area contributed by atoms with E-state index >= 15 is 0 Å². The van der Waals surface area contributed by atoms with Crippen LogP contribution in [0.3, 0.4) is 0 Å². The van der Waals surface area contributed by atoms with Gasteiger partial charge in [-0.25, -0.2) is 13.9 Å². The Kier molecular flexibility index (Phi) is 7.23. The number of amides is 1. The molecule has 148 valence electrons. The zero-order chi connectivity index (χ0) is 17.2. The zero-order valence-corrected chi connectivity index (χ0v) is 16.1. The third-order valence-corrected chi connectivity index (χ3v) is 4.44.